The second-order valence-corrected chi connectivity index (χ2v) is 5.65. The van der Waals surface area contributed by atoms with Gasteiger partial charge in [0.25, 0.3) is 0 Å². The van der Waals surface area contributed by atoms with E-state index in [1.807, 2.05) is 0 Å². The maximum atomic E-state index is 13.8. The van der Waals surface area contributed by atoms with Crippen LogP contribution >= 0.6 is 28.1 Å². The van der Waals surface area contributed by atoms with Gasteiger partial charge in [-0.2, -0.15) is 0 Å². The Labute approximate surface area is 145 Å². The molecule has 2 rings (SSSR count). The minimum atomic E-state index is -0.761. The van der Waals surface area contributed by atoms with Gasteiger partial charge < -0.3 is 20.1 Å². The summed E-state index contributed by atoms with van der Waals surface area (Å²) in [5.41, 5.74) is 0.612. The molecule has 122 valence electrons. The minimum absolute atomic E-state index is 0.0383. The van der Waals surface area contributed by atoms with Crippen LogP contribution in [0.4, 0.5) is 20.2 Å². The van der Waals surface area contributed by atoms with E-state index in [1.54, 1.807) is 25.3 Å². The first-order chi connectivity index (χ1) is 10.9. The highest BCUT2D eigenvalue weighted by atomic mass is 79.9. The number of methoxy groups -OCH3 is 2. The average Bonchev–Trinajstić information content (AvgIpc) is 2.51. The Morgan fingerprint density at radius 2 is 1.83 bits per heavy atom. The van der Waals surface area contributed by atoms with Gasteiger partial charge in [-0.3, -0.25) is 0 Å². The van der Waals surface area contributed by atoms with Gasteiger partial charge in [-0.15, -0.1) is 0 Å². The van der Waals surface area contributed by atoms with Crippen molar-refractivity contribution in [3.63, 3.8) is 0 Å². The lowest BCUT2D eigenvalue weighted by atomic mass is 10.2. The number of benzene rings is 2. The highest BCUT2D eigenvalue weighted by Gasteiger charge is 2.12. The van der Waals surface area contributed by atoms with Crippen LogP contribution in [0.5, 0.6) is 11.5 Å². The van der Waals surface area contributed by atoms with Gasteiger partial charge in [0.1, 0.15) is 17.3 Å². The van der Waals surface area contributed by atoms with Crippen molar-refractivity contribution >= 4 is 44.6 Å². The number of thiocarbonyl (C=S) groups is 1. The van der Waals surface area contributed by atoms with Crippen LogP contribution in [0.15, 0.2) is 34.8 Å². The normalized spacial score (nSPS) is 10.1. The monoisotopic (exact) mass is 402 g/mol. The standard InChI is InChI=1S/C15H13BrF2N2O2S/c1-21-9-3-4-12(13(7-9)22-2)19-15(23)20-14-10(16)5-8(17)6-11(14)18/h3-7H,1-2H3,(H2,19,20,23). The van der Waals surface area contributed by atoms with Gasteiger partial charge in [-0.25, -0.2) is 8.78 Å². The zero-order valence-corrected chi connectivity index (χ0v) is 14.6. The third-order valence-electron chi connectivity index (χ3n) is 2.90. The topological polar surface area (TPSA) is 42.5 Å². The third-order valence-corrected chi connectivity index (χ3v) is 3.73. The van der Waals surface area contributed by atoms with Gasteiger partial charge in [-0.05, 0) is 46.3 Å². The van der Waals surface area contributed by atoms with E-state index < -0.39 is 11.6 Å². The van der Waals surface area contributed by atoms with E-state index in [0.29, 0.717) is 17.2 Å². The number of ether oxygens (including phenoxy) is 2. The SMILES string of the molecule is COc1ccc(NC(=S)Nc2c(F)cc(F)cc2Br)c(OC)c1. The Morgan fingerprint density at radius 3 is 2.43 bits per heavy atom. The molecule has 0 aliphatic rings. The quantitative estimate of drug-likeness (QED) is 0.734. The summed E-state index contributed by atoms with van der Waals surface area (Å²) in [6, 6.07) is 7.02. The number of rotatable bonds is 4. The second kappa shape index (κ2) is 7.56. The fourth-order valence-corrected chi connectivity index (χ4v) is 2.55. The second-order valence-electron chi connectivity index (χ2n) is 4.39. The lowest BCUT2D eigenvalue weighted by Gasteiger charge is -2.15. The number of halogens is 3. The molecule has 0 aromatic heterocycles. The molecular formula is C15H13BrF2N2O2S. The number of anilines is 2. The highest BCUT2D eigenvalue weighted by Crippen LogP contribution is 2.30. The third kappa shape index (κ3) is 4.29. The van der Waals surface area contributed by atoms with Crippen LogP contribution in [-0.4, -0.2) is 19.3 Å². The molecule has 0 spiro atoms. The summed E-state index contributed by atoms with van der Waals surface area (Å²) < 4.78 is 37.5. The van der Waals surface area contributed by atoms with Crippen LogP contribution in [0.3, 0.4) is 0 Å². The first-order valence-electron chi connectivity index (χ1n) is 6.39. The van der Waals surface area contributed by atoms with Crippen molar-refractivity contribution in [1.82, 2.24) is 0 Å². The van der Waals surface area contributed by atoms with Gasteiger partial charge in [0.15, 0.2) is 10.9 Å². The molecule has 0 radical (unpaired) electrons. The smallest absolute Gasteiger partial charge is 0.175 e. The number of hydrogen-bond donors (Lipinski definition) is 2. The summed E-state index contributed by atoms with van der Waals surface area (Å²) >= 11 is 8.24. The van der Waals surface area contributed by atoms with E-state index in [4.69, 9.17) is 21.7 Å². The van der Waals surface area contributed by atoms with Gasteiger partial charge in [-0.1, -0.05) is 0 Å². The van der Waals surface area contributed by atoms with Crippen LogP contribution in [-0.2, 0) is 0 Å². The van der Waals surface area contributed by atoms with Crippen LogP contribution in [0.2, 0.25) is 0 Å². The summed E-state index contributed by atoms with van der Waals surface area (Å²) in [5, 5.41) is 5.69. The van der Waals surface area contributed by atoms with Gasteiger partial charge in [0.05, 0.1) is 25.6 Å². The molecule has 0 saturated heterocycles. The van der Waals surface area contributed by atoms with Crippen LogP contribution in [0.25, 0.3) is 0 Å². The largest absolute Gasteiger partial charge is 0.497 e. The van der Waals surface area contributed by atoms with Crippen molar-refractivity contribution in [1.29, 1.82) is 0 Å². The van der Waals surface area contributed by atoms with Gasteiger partial charge in [0.2, 0.25) is 0 Å². The van der Waals surface area contributed by atoms with Crippen molar-refractivity contribution in [2.75, 3.05) is 24.9 Å². The molecule has 0 atom stereocenters. The van der Waals surface area contributed by atoms with Gasteiger partial charge >= 0.3 is 0 Å². The average molecular weight is 403 g/mol. The minimum Gasteiger partial charge on any atom is -0.497 e. The molecule has 0 aliphatic heterocycles. The molecule has 0 fully saturated rings. The Hall–Kier alpha value is -1.93. The van der Waals surface area contributed by atoms with Crippen LogP contribution in [0.1, 0.15) is 0 Å². The fraction of sp³-hybridized carbons (Fsp3) is 0.133. The maximum absolute atomic E-state index is 13.8. The highest BCUT2D eigenvalue weighted by molar-refractivity contribution is 9.10. The Kier molecular flexibility index (Phi) is 5.73. The predicted octanol–water partition coefficient (Wildman–Crippen LogP) is 4.55. The van der Waals surface area contributed by atoms with Gasteiger partial charge in [0, 0.05) is 16.6 Å². The van der Waals surface area contributed by atoms with E-state index in [2.05, 4.69) is 26.6 Å². The zero-order valence-electron chi connectivity index (χ0n) is 12.2. The first-order valence-corrected chi connectivity index (χ1v) is 7.59. The Morgan fingerprint density at radius 1 is 1.09 bits per heavy atom. The number of nitrogens with one attached hydrogen (secondary N) is 2. The lowest BCUT2D eigenvalue weighted by Crippen LogP contribution is -2.20. The summed E-state index contributed by atoms with van der Waals surface area (Å²) in [5.74, 6) is -0.316. The molecule has 0 amide bonds. The summed E-state index contributed by atoms with van der Waals surface area (Å²) in [6.07, 6.45) is 0. The molecule has 0 saturated carbocycles. The predicted molar refractivity (Wildman–Crippen MR) is 93.4 cm³/mol. The molecule has 2 aromatic carbocycles. The summed E-state index contributed by atoms with van der Waals surface area (Å²) in [6.45, 7) is 0. The van der Waals surface area contributed by atoms with E-state index >= 15 is 0 Å². The molecule has 4 nitrogen and oxygen atoms in total. The van der Waals surface area contributed by atoms with E-state index in [0.717, 1.165) is 12.1 Å². The molecule has 2 aromatic rings. The van der Waals surface area contributed by atoms with Crippen LogP contribution in [0, 0.1) is 11.6 Å². The first kappa shape index (κ1) is 17.4. The summed E-state index contributed by atoms with van der Waals surface area (Å²) in [7, 11) is 3.05. The van der Waals surface area contributed by atoms with Crippen molar-refractivity contribution in [2.45, 2.75) is 0 Å². The Balaban J connectivity index is 2.17. The van der Waals surface area contributed by atoms with Crippen molar-refractivity contribution in [3.8, 4) is 11.5 Å². The molecule has 0 unspecified atom stereocenters. The van der Waals surface area contributed by atoms with E-state index in [1.165, 1.54) is 7.11 Å². The van der Waals surface area contributed by atoms with Crippen molar-refractivity contribution in [3.05, 3.63) is 46.4 Å². The molecule has 8 heteroatoms. The van der Waals surface area contributed by atoms with E-state index in [-0.39, 0.29) is 15.3 Å². The molecule has 2 N–H and O–H groups in total. The molecule has 23 heavy (non-hydrogen) atoms. The Bertz CT molecular complexity index is 720. The lowest BCUT2D eigenvalue weighted by molar-refractivity contribution is 0.395. The maximum Gasteiger partial charge on any atom is 0.175 e. The van der Waals surface area contributed by atoms with Crippen LogP contribution < -0.4 is 20.1 Å². The molecule has 0 aliphatic carbocycles. The zero-order chi connectivity index (χ0) is 17.0. The van der Waals surface area contributed by atoms with Crippen molar-refractivity contribution in [2.24, 2.45) is 0 Å². The summed E-state index contributed by atoms with van der Waals surface area (Å²) in [4.78, 5) is 0. The molecular weight excluding hydrogens is 390 g/mol. The molecule has 0 heterocycles. The number of hydrogen-bond acceptors (Lipinski definition) is 3. The van der Waals surface area contributed by atoms with Crippen molar-refractivity contribution < 1.29 is 18.3 Å². The van der Waals surface area contributed by atoms with E-state index in [9.17, 15) is 8.78 Å². The molecule has 0 bridgehead atoms. The fourth-order valence-electron chi connectivity index (χ4n) is 1.83.